The Morgan fingerprint density at radius 1 is 1.26 bits per heavy atom. The molecule has 31 heavy (non-hydrogen) atoms. The molecule has 0 aliphatic carbocycles. The van der Waals surface area contributed by atoms with Crippen molar-refractivity contribution in [3.63, 3.8) is 0 Å². The van der Waals surface area contributed by atoms with Gasteiger partial charge in [0.25, 0.3) is 5.91 Å². The summed E-state index contributed by atoms with van der Waals surface area (Å²) in [7, 11) is 0. The molecule has 9 heteroatoms. The normalized spacial score (nSPS) is 11.7. The summed E-state index contributed by atoms with van der Waals surface area (Å²) in [6.45, 7) is 4.36. The molecule has 0 bridgehead atoms. The molecule has 0 saturated heterocycles. The van der Waals surface area contributed by atoms with Crippen molar-refractivity contribution < 1.29 is 18.4 Å². The third-order valence-corrected chi connectivity index (χ3v) is 5.44. The Morgan fingerprint density at radius 2 is 2.06 bits per heavy atom. The molecule has 0 unspecified atom stereocenters. The van der Waals surface area contributed by atoms with Crippen LogP contribution in [0.1, 0.15) is 42.9 Å². The standard InChI is InChI=1S/C22H25FN4O3S/c1-3-15(2)24-20(28)10-11-27(13-16-7-6-12-30-16)21(29)19-14-31-22(26-19)25-18-9-5-4-8-17(18)23/h4-9,12,14-15H,3,10-11,13H2,1-2H3,(H,24,28)(H,25,26)/t15-/m0/s1. The zero-order valence-corrected chi connectivity index (χ0v) is 18.2. The number of carbonyl (C=O) groups is 2. The van der Waals surface area contributed by atoms with E-state index in [1.807, 2.05) is 13.8 Å². The molecule has 1 aromatic carbocycles. The van der Waals surface area contributed by atoms with Crippen LogP contribution >= 0.6 is 11.3 Å². The zero-order valence-electron chi connectivity index (χ0n) is 17.4. The predicted octanol–water partition coefficient (Wildman–Crippen LogP) is 4.57. The van der Waals surface area contributed by atoms with Crippen LogP contribution in [0.15, 0.2) is 52.5 Å². The number of thiazole rings is 1. The third-order valence-electron chi connectivity index (χ3n) is 4.68. The van der Waals surface area contributed by atoms with Crippen molar-refractivity contribution in [3.05, 3.63) is 65.3 Å². The smallest absolute Gasteiger partial charge is 0.273 e. The van der Waals surface area contributed by atoms with Gasteiger partial charge in [-0.15, -0.1) is 11.3 Å². The van der Waals surface area contributed by atoms with E-state index in [-0.39, 0.29) is 48.7 Å². The number of halogens is 1. The molecule has 1 atom stereocenters. The maximum Gasteiger partial charge on any atom is 0.273 e. The highest BCUT2D eigenvalue weighted by Gasteiger charge is 2.21. The predicted molar refractivity (Wildman–Crippen MR) is 118 cm³/mol. The Hall–Kier alpha value is -3.20. The molecule has 0 radical (unpaired) electrons. The van der Waals surface area contributed by atoms with Crippen LogP contribution in [0.5, 0.6) is 0 Å². The molecule has 0 spiro atoms. The SMILES string of the molecule is CC[C@H](C)NC(=O)CCN(Cc1ccco1)C(=O)c1csc(Nc2ccccc2F)n1. The van der Waals surface area contributed by atoms with Gasteiger partial charge in [0.1, 0.15) is 17.3 Å². The van der Waals surface area contributed by atoms with E-state index in [2.05, 4.69) is 15.6 Å². The van der Waals surface area contributed by atoms with Crippen LogP contribution in [-0.4, -0.2) is 34.3 Å². The van der Waals surface area contributed by atoms with Gasteiger partial charge in [0.2, 0.25) is 5.91 Å². The average Bonchev–Trinajstić information content (AvgIpc) is 3.44. The Kier molecular flexibility index (Phi) is 7.77. The highest BCUT2D eigenvalue weighted by atomic mass is 32.1. The fourth-order valence-electron chi connectivity index (χ4n) is 2.80. The van der Waals surface area contributed by atoms with E-state index in [1.165, 1.54) is 28.6 Å². The van der Waals surface area contributed by atoms with Crippen LogP contribution in [0.4, 0.5) is 15.2 Å². The molecule has 3 rings (SSSR count). The molecule has 0 aliphatic rings. The fourth-order valence-corrected chi connectivity index (χ4v) is 3.49. The van der Waals surface area contributed by atoms with Gasteiger partial charge in [-0.1, -0.05) is 19.1 Å². The topological polar surface area (TPSA) is 87.5 Å². The monoisotopic (exact) mass is 444 g/mol. The van der Waals surface area contributed by atoms with E-state index < -0.39 is 5.82 Å². The Bertz CT molecular complexity index is 1010. The number of anilines is 2. The minimum absolute atomic E-state index is 0.0762. The number of benzene rings is 1. The largest absolute Gasteiger partial charge is 0.467 e. The van der Waals surface area contributed by atoms with Crippen LogP contribution in [0, 0.1) is 5.82 Å². The lowest BCUT2D eigenvalue weighted by Gasteiger charge is -2.21. The molecule has 0 fully saturated rings. The number of para-hydroxylation sites is 1. The van der Waals surface area contributed by atoms with Gasteiger partial charge in [0.05, 0.1) is 18.5 Å². The summed E-state index contributed by atoms with van der Waals surface area (Å²) in [5, 5.41) is 7.80. The number of amides is 2. The van der Waals surface area contributed by atoms with Crippen molar-refractivity contribution in [1.82, 2.24) is 15.2 Å². The lowest BCUT2D eigenvalue weighted by atomic mass is 10.2. The molecule has 3 aromatic rings. The molecule has 0 saturated carbocycles. The molecule has 7 nitrogen and oxygen atoms in total. The summed E-state index contributed by atoms with van der Waals surface area (Å²) in [4.78, 5) is 31.1. The first kappa shape index (κ1) is 22.5. The number of nitrogens with one attached hydrogen (secondary N) is 2. The summed E-state index contributed by atoms with van der Waals surface area (Å²) < 4.78 is 19.2. The van der Waals surface area contributed by atoms with Crippen LogP contribution < -0.4 is 10.6 Å². The van der Waals surface area contributed by atoms with Crippen molar-refractivity contribution in [2.75, 3.05) is 11.9 Å². The molecule has 0 aliphatic heterocycles. The molecule has 2 amide bonds. The second-order valence-corrected chi connectivity index (χ2v) is 7.93. The number of furan rings is 1. The maximum absolute atomic E-state index is 13.9. The van der Waals surface area contributed by atoms with Crippen molar-refractivity contribution in [2.45, 2.75) is 39.3 Å². The van der Waals surface area contributed by atoms with Crippen LogP contribution in [0.2, 0.25) is 0 Å². The number of hydrogen-bond donors (Lipinski definition) is 2. The van der Waals surface area contributed by atoms with Crippen LogP contribution in [-0.2, 0) is 11.3 Å². The maximum atomic E-state index is 13.9. The van der Waals surface area contributed by atoms with Crippen molar-refractivity contribution >= 4 is 34.0 Å². The van der Waals surface area contributed by atoms with Gasteiger partial charge in [-0.2, -0.15) is 0 Å². The van der Waals surface area contributed by atoms with Crippen LogP contribution in [0.3, 0.4) is 0 Å². The first-order valence-corrected chi connectivity index (χ1v) is 10.9. The molecular weight excluding hydrogens is 419 g/mol. The Balaban J connectivity index is 1.69. The highest BCUT2D eigenvalue weighted by molar-refractivity contribution is 7.14. The van der Waals surface area contributed by atoms with Crippen LogP contribution in [0.25, 0.3) is 0 Å². The first-order valence-electron chi connectivity index (χ1n) is 10.0. The third kappa shape index (κ3) is 6.39. The average molecular weight is 445 g/mol. The van der Waals surface area contributed by atoms with Crippen molar-refractivity contribution in [1.29, 1.82) is 0 Å². The summed E-state index contributed by atoms with van der Waals surface area (Å²) in [5.41, 5.74) is 0.503. The summed E-state index contributed by atoms with van der Waals surface area (Å²) >= 11 is 1.20. The van der Waals surface area contributed by atoms with Gasteiger partial charge < -0.3 is 20.0 Å². The first-order chi connectivity index (χ1) is 15.0. The number of hydrogen-bond acceptors (Lipinski definition) is 6. The lowest BCUT2D eigenvalue weighted by molar-refractivity contribution is -0.121. The van der Waals surface area contributed by atoms with E-state index in [0.29, 0.717) is 10.9 Å². The summed E-state index contributed by atoms with van der Waals surface area (Å²) in [6.07, 6.45) is 2.53. The van der Waals surface area contributed by atoms with Crippen molar-refractivity contribution in [2.24, 2.45) is 0 Å². The van der Waals surface area contributed by atoms with Gasteiger partial charge >= 0.3 is 0 Å². The Labute approximate surface area is 184 Å². The van der Waals surface area contributed by atoms with E-state index in [1.54, 1.807) is 35.7 Å². The second-order valence-electron chi connectivity index (χ2n) is 7.08. The second kappa shape index (κ2) is 10.7. The van der Waals surface area contributed by atoms with Gasteiger partial charge in [-0.3, -0.25) is 9.59 Å². The molecule has 2 heterocycles. The minimum Gasteiger partial charge on any atom is -0.467 e. The summed E-state index contributed by atoms with van der Waals surface area (Å²) in [5.74, 6) is -0.245. The van der Waals surface area contributed by atoms with E-state index in [4.69, 9.17) is 4.42 Å². The van der Waals surface area contributed by atoms with Crippen molar-refractivity contribution in [3.8, 4) is 0 Å². The van der Waals surface area contributed by atoms with E-state index in [9.17, 15) is 14.0 Å². The molecule has 2 N–H and O–H groups in total. The fraction of sp³-hybridized carbons (Fsp3) is 0.318. The van der Waals surface area contributed by atoms with Gasteiger partial charge in [-0.25, -0.2) is 9.37 Å². The number of nitrogens with zero attached hydrogens (tertiary/aromatic N) is 2. The number of aromatic nitrogens is 1. The van der Waals surface area contributed by atoms with Gasteiger partial charge in [0.15, 0.2) is 5.13 Å². The van der Waals surface area contributed by atoms with E-state index >= 15 is 0 Å². The summed E-state index contributed by atoms with van der Waals surface area (Å²) in [6, 6.07) is 9.84. The molecule has 164 valence electrons. The Morgan fingerprint density at radius 3 is 2.77 bits per heavy atom. The van der Waals surface area contributed by atoms with Gasteiger partial charge in [0, 0.05) is 24.4 Å². The quantitative estimate of drug-likeness (QED) is 0.478. The molecule has 2 aromatic heterocycles. The highest BCUT2D eigenvalue weighted by Crippen LogP contribution is 2.24. The minimum atomic E-state index is -0.405. The zero-order chi connectivity index (χ0) is 22.2. The van der Waals surface area contributed by atoms with E-state index in [0.717, 1.165) is 6.42 Å². The molecular formula is C22H25FN4O3S. The number of carbonyl (C=O) groups excluding carboxylic acids is 2. The number of rotatable bonds is 10. The van der Waals surface area contributed by atoms with Gasteiger partial charge in [-0.05, 0) is 37.6 Å². The lowest BCUT2D eigenvalue weighted by Crippen LogP contribution is -2.37.